The molecule has 1 aliphatic heterocycles. The van der Waals surface area contributed by atoms with E-state index in [4.69, 9.17) is 0 Å². The Morgan fingerprint density at radius 2 is 2.00 bits per heavy atom. The fourth-order valence-electron chi connectivity index (χ4n) is 2.34. The minimum atomic E-state index is -3.34. The van der Waals surface area contributed by atoms with Gasteiger partial charge in [0.1, 0.15) is 0 Å². The van der Waals surface area contributed by atoms with E-state index in [-0.39, 0.29) is 6.04 Å². The normalized spacial score (nSPS) is 23.1. The first-order valence-electron chi connectivity index (χ1n) is 7.85. The van der Waals surface area contributed by atoms with Gasteiger partial charge in [0, 0.05) is 19.1 Å². The van der Waals surface area contributed by atoms with Gasteiger partial charge in [-0.3, -0.25) is 0 Å². The summed E-state index contributed by atoms with van der Waals surface area (Å²) in [6, 6.07) is -0.0291. The summed E-state index contributed by atoms with van der Waals surface area (Å²) in [5, 5.41) is 3.39. The number of hydrogen-bond acceptors (Lipinski definition) is 3. The topological polar surface area (TPSA) is 61.4 Å². The fourth-order valence-corrected chi connectivity index (χ4v) is 4.01. The average molecular weight is 305 g/mol. The molecule has 5 nitrogen and oxygen atoms in total. The van der Waals surface area contributed by atoms with E-state index in [1.54, 1.807) is 4.31 Å². The first-order valence-corrected chi connectivity index (χ1v) is 9.29. The van der Waals surface area contributed by atoms with E-state index in [1.165, 1.54) is 0 Å². The second-order valence-electron chi connectivity index (χ2n) is 6.23. The highest BCUT2D eigenvalue weighted by Crippen LogP contribution is 2.18. The van der Waals surface area contributed by atoms with Crippen LogP contribution in [0.15, 0.2) is 0 Å². The minimum Gasteiger partial charge on any atom is -0.316 e. The van der Waals surface area contributed by atoms with Crippen LogP contribution in [-0.2, 0) is 10.2 Å². The molecule has 1 fully saturated rings. The van der Waals surface area contributed by atoms with Crippen LogP contribution in [-0.4, -0.2) is 44.9 Å². The molecule has 2 atom stereocenters. The summed E-state index contributed by atoms with van der Waals surface area (Å²) in [6.07, 6.45) is 3.18. The summed E-state index contributed by atoms with van der Waals surface area (Å²) >= 11 is 0. The van der Waals surface area contributed by atoms with E-state index in [0.717, 1.165) is 32.4 Å². The van der Waals surface area contributed by atoms with Crippen LogP contribution in [0.4, 0.5) is 0 Å². The van der Waals surface area contributed by atoms with Crippen molar-refractivity contribution < 1.29 is 8.42 Å². The van der Waals surface area contributed by atoms with Crippen molar-refractivity contribution in [3.05, 3.63) is 0 Å². The lowest BCUT2D eigenvalue weighted by Crippen LogP contribution is -2.50. The third kappa shape index (κ3) is 5.68. The molecule has 2 unspecified atom stereocenters. The van der Waals surface area contributed by atoms with Crippen LogP contribution in [0.25, 0.3) is 0 Å². The Morgan fingerprint density at radius 3 is 2.60 bits per heavy atom. The lowest BCUT2D eigenvalue weighted by atomic mass is 10.00. The van der Waals surface area contributed by atoms with Crippen LogP contribution in [0, 0.1) is 11.8 Å². The predicted octanol–water partition coefficient (Wildman–Crippen LogP) is 1.58. The van der Waals surface area contributed by atoms with Crippen LogP contribution >= 0.6 is 0 Å². The second-order valence-corrected chi connectivity index (χ2v) is 7.93. The Hall–Kier alpha value is -0.170. The van der Waals surface area contributed by atoms with Crippen LogP contribution in [0.5, 0.6) is 0 Å². The fraction of sp³-hybridized carbons (Fsp3) is 1.00. The number of nitrogens with zero attached hydrogens (tertiary/aromatic N) is 1. The van der Waals surface area contributed by atoms with Gasteiger partial charge in [-0.1, -0.05) is 20.8 Å². The van der Waals surface area contributed by atoms with Crippen molar-refractivity contribution >= 4 is 10.2 Å². The maximum absolute atomic E-state index is 12.4. The van der Waals surface area contributed by atoms with Gasteiger partial charge >= 0.3 is 0 Å². The molecule has 0 saturated carbocycles. The molecular weight excluding hydrogens is 274 g/mol. The molecule has 1 heterocycles. The Kier molecular flexibility index (Phi) is 7.43. The van der Waals surface area contributed by atoms with E-state index in [2.05, 4.69) is 17.0 Å². The Morgan fingerprint density at radius 1 is 1.30 bits per heavy atom. The van der Waals surface area contributed by atoms with Gasteiger partial charge in [0.25, 0.3) is 10.2 Å². The molecule has 0 radical (unpaired) electrons. The summed E-state index contributed by atoms with van der Waals surface area (Å²) < 4.78 is 29.2. The SMILES string of the molecule is CCCNCC1CCCN(S(=O)(=O)NC(C)C(C)C)C1. The first-order chi connectivity index (χ1) is 9.36. The zero-order valence-electron chi connectivity index (χ0n) is 13.4. The Labute approximate surface area is 124 Å². The summed E-state index contributed by atoms with van der Waals surface area (Å²) in [5.41, 5.74) is 0. The van der Waals surface area contributed by atoms with Crippen LogP contribution in [0.3, 0.4) is 0 Å². The highest BCUT2D eigenvalue weighted by Gasteiger charge is 2.29. The molecule has 20 heavy (non-hydrogen) atoms. The molecule has 0 aromatic rings. The highest BCUT2D eigenvalue weighted by molar-refractivity contribution is 7.87. The van der Waals surface area contributed by atoms with Crippen molar-refractivity contribution in [1.29, 1.82) is 0 Å². The molecular formula is C14H31N3O2S. The Balaban J connectivity index is 2.52. The summed E-state index contributed by atoms with van der Waals surface area (Å²) in [5.74, 6) is 0.734. The lowest BCUT2D eigenvalue weighted by molar-refractivity contribution is 0.255. The smallest absolute Gasteiger partial charge is 0.279 e. The number of hydrogen-bond donors (Lipinski definition) is 2. The van der Waals surface area contributed by atoms with Gasteiger partial charge in [-0.05, 0) is 51.1 Å². The molecule has 2 N–H and O–H groups in total. The first kappa shape index (κ1) is 17.9. The minimum absolute atomic E-state index is 0.0291. The van der Waals surface area contributed by atoms with E-state index < -0.39 is 10.2 Å². The van der Waals surface area contributed by atoms with Gasteiger partial charge in [0.2, 0.25) is 0 Å². The zero-order chi connectivity index (χ0) is 15.2. The van der Waals surface area contributed by atoms with Gasteiger partial charge in [-0.25, -0.2) is 0 Å². The molecule has 1 rings (SSSR count). The molecule has 1 saturated heterocycles. The van der Waals surface area contributed by atoms with Crippen LogP contribution < -0.4 is 10.0 Å². The van der Waals surface area contributed by atoms with Crippen molar-refractivity contribution in [2.24, 2.45) is 11.8 Å². The molecule has 6 heteroatoms. The van der Waals surface area contributed by atoms with Crippen LogP contribution in [0.1, 0.15) is 47.0 Å². The maximum atomic E-state index is 12.4. The number of nitrogens with one attached hydrogen (secondary N) is 2. The summed E-state index contributed by atoms with van der Waals surface area (Å²) in [6.45, 7) is 11.3. The molecule has 120 valence electrons. The molecule has 0 aliphatic carbocycles. The maximum Gasteiger partial charge on any atom is 0.279 e. The van der Waals surface area contributed by atoms with Gasteiger partial charge in [0.15, 0.2) is 0 Å². The molecule has 0 amide bonds. The summed E-state index contributed by atoms with van der Waals surface area (Å²) in [4.78, 5) is 0. The van der Waals surface area contributed by atoms with E-state index in [1.807, 2.05) is 20.8 Å². The second kappa shape index (κ2) is 8.32. The molecule has 0 aromatic carbocycles. The molecule has 0 bridgehead atoms. The van der Waals surface area contributed by atoms with Crippen molar-refractivity contribution in [3.8, 4) is 0 Å². The van der Waals surface area contributed by atoms with Crippen molar-refractivity contribution in [2.45, 2.75) is 53.0 Å². The van der Waals surface area contributed by atoms with Gasteiger partial charge < -0.3 is 5.32 Å². The standard InChI is InChI=1S/C14H31N3O2S/c1-5-8-15-10-14-7-6-9-17(11-14)20(18,19)16-13(4)12(2)3/h12-16H,5-11H2,1-4H3. The quantitative estimate of drug-likeness (QED) is 0.669. The number of rotatable bonds is 8. The molecule has 0 aromatic heterocycles. The highest BCUT2D eigenvalue weighted by atomic mass is 32.2. The van der Waals surface area contributed by atoms with E-state index >= 15 is 0 Å². The van der Waals surface area contributed by atoms with Crippen molar-refractivity contribution in [1.82, 2.24) is 14.3 Å². The average Bonchev–Trinajstić information content (AvgIpc) is 2.39. The van der Waals surface area contributed by atoms with E-state index in [9.17, 15) is 8.42 Å². The third-order valence-corrected chi connectivity index (χ3v) is 5.70. The predicted molar refractivity (Wildman–Crippen MR) is 83.8 cm³/mol. The summed E-state index contributed by atoms with van der Waals surface area (Å²) in [7, 11) is -3.34. The zero-order valence-corrected chi connectivity index (χ0v) is 14.2. The molecule has 0 spiro atoms. The van der Waals surface area contributed by atoms with Crippen molar-refractivity contribution in [3.63, 3.8) is 0 Å². The number of piperidine rings is 1. The van der Waals surface area contributed by atoms with Crippen LogP contribution in [0.2, 0.25) is 0 Å². The monoisotopic (exact) mass is 305 g/mol. The van der Waals surface area contributed by atoms with Crippen molar-refractivity contribution in [2.75, 3.05) is 26.2 Å². The largest absolute Gasteiger partial charge is 0.316 e. The lowest BCUT2D eigenvalue weighted by Gasteiger charge is -2.33. The van der Waals surface area contributed by atoms with E-state index in [0.29, 0.717) is 24.9 Å². The third-order valence-electron chi connectivity index (χ3n) is 4.02. The molecule has 1 aliphatic rings. The Bertz CT molecular complexity index is 371. The van der Waals surface area contributed by atoms with Gasteiger partial charge in [-0.2, -0.15) is 17.4 Å². The van der Waals surface area contributed by atoms with Gasteiger partial charge in [-0.15, -0.1) is 0 Å². The van der Waals surface area contributed by atoms with Gasteiger partial charge in [0.05, 0.1) is 0 Å².